The first-order valence-corrected chi connectivity index (χ1v) is 19.5. The third-order valence-electron chi connectivity index (χ3n) is 10.6. The molecule has 3 N–H and O–H groups in total. The van der Waals surface area contributed by atoms with E-state index in [1.54, 1.807) is 82.7 Å². The van der Waals surface area contributed by atoms with E-state index in [1.807, 2.05) is 31.2 Å². The minimum atomic E-state index is -0.556. The van der Waals surface area contributed by atoms with Crippen LogP contribution >= 0.6 is 0 Å². The van der Waals surface area contributed by atoms with Crippen LogP contribution in [0.4, 0.5) is 22.9 Å². The third kappa shape index (κ3) is 8.04. The number of benzene rings is 2. The number of hydrogen-bond donors (Lipinski definition) is 3. The zero-order valence-corrected chi connectivity index (χ0v) is 34.3. The fourth-order valence-electron chi connectivity index (χ4n) is 7.59. The summed E-state index contributed by atoms with van der Waals surface area (Å²) >= 11 is 0. The van der Waals surface area contributed by atoms with E-state index in [9.17, 15) is 24.0 Å². The number of nitrogens with zero attached hydrogens (tertiary/aromatic N) is 7. The molecule has 61 heavy (non-hydrogen) atoms. The molecular formula is C44H44N10O7. The van der Waals surface area contributed by atoms with E-state index in [-0.39, 0.29) is 54.1 Å². The number of anilines is 3. The Morgan fingerprint density at radius 1 is 0.869 bits per heavy atom. The topological polar surface area (TPSA) is 188 Å². The summed E-state index contributed by atoms with van der Waals surface area (Å²) in [5.41, 5.74) is 5.13. The predicted molar refractivity (Wildman–Crippen MR) is 229 cm³/mol. The Balaban J connectivity index is 0.837. The van der Waals surface area contributed by atoms with Gasteiger partial charge in [-0.2, -0.15) is 0 Å². The number of methoxy groups -OCH3 is 1. The number of imidazole rings is 1. The molecule has 0 radical (unpaired) electrons. The van der Waals surface area contributed by atoms with Crippen LogP contribution in [0.1, 0.15) is 66.8 Å². The van der Waals surface area contributed by atoms with Crippen molar-refractivity contribution >= 4 is 69.5 Å². The molecule has 1 atom stereocenters. The molecule has 2 aliphatic heterocycles. The standard InChI is InChI=1S/C44H44N10O7/c1-25-9-10-27-11-12-53(33(27)15-25)44(59)35-17-29(23-51(35)4)46-41(56)34-16-28(22-50(34)3)47-42(57)40-49-38(24-52(40)5)48-39(55)8-7-13-61-37-19-32-31(18-36(37)60-6)43(58)54-21-26(2)14-30(54)20-45-32/h9-12,15-20,22-24,30H,2,7-8,13-14,21H2,1,3-6H3,(H,46,56)(H,47,57)(H,48,55)/t30-/m0/s1. The number of rotatable bonds is 12. The number of amides is 4. The maximum absolute atomic E-state index is 13.5. The van der Waals surface area contributed by atoms with Crippen LogP contribution in [0.15, 0.2) is 90.5 Å². The monoisotopic (exact) mass is 824 g/mol. The number of aryl methyl sites for hydroxylation is 4. The summed E-state index contributed by atoms with van der Waals surface area (Å²) < 4.78 is 17.8. The van der Waals surface area contributed by atoms with Gasteiger partial charge in [-0.3, -0.25) is 33.5 Å². The Morgan fingerprint density at radius 3 is 2.38 bits per heavy atom. The summed E-state index contributed by atoms with van der Waals surface area (Å²) in [6.45, 7) is 6.65. The van der Waals surface area contributed by atoms with E-state index >= 15 is 0 Å². The average Bonchev–Trinajstić information content (AvgIpc) is 4.05. The molecule has 1 saturated heterocycles. The van der Waals surface area contributed by atoms with Gasteiger partial charge in [0.2, 0.25) is 11.7 Å². The van der Waals surface area contributed by atoms with Crippen LogP contribution in [0.25, 0.3) is 10.9 Å². The zero-order chi connectivity index (χ0) is 43.1. The van der Waals surface area contributed by atoms with Crippen LogP contribution in [-0.2, 0) is 25.9 Å². The summed E-state index contributed by atoms with van der Waals surface area (Å²) in [7, 11) is 6.52. The second-order valence-electron chi connectivity index (χ2n) is 15.2. The Kier molecular flexibility index (Phi) is 10.6. The molecule has 0 spiro atoms. The normalized spacial score (nSPS) is 14.4. The summed E-state index contributed by atoms with van der Waals surface area (Å²) in [5.74, 6) is -0.717. The van der Waals surface area contributed by atoms with Gasteiger partial charge in [0.05, 0.1) is 47.9 Å². The fourth-order valence-corrected chi connectivity index (χ4v) is 7.59. The highest BCUT2D eigenvalue weighted by molar-refractivity contribution is 6.08. The Morgan fingerprint density at radius 2 is 1.61 bits per heavy atom. The van der Waals surface area contributed by atoms with Crippen molar-refractivity contribution in [2.45, 2.75) is 32.2 Å². The van der Waals surface area contributed by atoms with Crippen LogP contribution in [0.5, 0.6) is 11.5 Å². The maximum atomic E-state index is 13.5. The molecule has 2 aliphatic rings. The molecule has 0 aliphatic carbocycles. The number of fused-ring (bicyclic) bond motifs is 3. The van der Waals surface area contributed by atoms with Crippen molar-refractivity contribution in [3.05, 3.63) is 114 Å². The van der Waals surface area contributed by atoms with Crippen molar-refractivity contribution < 1.29 is 33.4 Å². The van der Waals surface area contributed by atoms with E-state index in [0.29, 0.717) is 59.2 Å². The number of ether oxygens (including phenoxy) is 2. The molecule has 0 unspecified atom stereocenters. The lowest BCUT2D eigenvalue weighted by Gasteiger charge is -2.20. The molecule has 17 heteroatoms. The molecule has 1 fully saturated rings. The van der Waals surface area contributed by atoms with Gasteiger partial charge >= 0.3 is 0 Å². The first kappa shape index (κ1) is 40.1. The number of aromatic nitrogens is 5. The second-order valence-corrected chi connectivity index (χ2v) is 15.2. The zero-order valence-electron chi connectivity index (χ0n) is 34.3. The lowest BCUT2D eigenvalue weighted by Crippen LogP contribution is -2.35. The van der Waals surface area contributed by atoms with Crippen LogP contribution < -0.4 is 25.4 Å². The van der Waals surface area contributed by atoms with Crippen LogP contribution in [0.2, 0.25) is 0 Å². The van der Waals surface area contributed by atoms with Gasteiger partial charge in [-0.25, -0.2) is 4.98 Å². The highest BCUT2D eigenvalue weighted by Gasteiger charge is 2.34. The molecule has 6 heterocycles. The molecule has 312 valence electrons. The number of hydrogen-bond acceptors (Lipinski definition) is 9. The van der Waals surface area contributed by atoms with E-state index < -0.39 is 11.8 Å². The third-order valence-corrected chi connectivity index (χ3v) is 10.6. The number of carbonyl (C=O) groups is 5. The summed E-state index contributed by atoms with van der Waals surface area (Å²) in [6.07, 6.45) is 9.39. The second kappa shape index (κ2) is 16.2. The largest absolute Gasteiger partial charge is 0.493 e. The lowest BCUT2D eigenvalue weighted by molar-refractivity contribution is -0.116. The molecule has 17 nitrogen and oxygen atoms in total. The van der Waals surface area contributed by atoms with Gasteiger partial charge in [0.1, 0.15) is 11.4 Å². The first-order valence-electron chi connectivity index (χ1n) is 19.5. The van der Waals surface area contributed by atoms with Crippen molar-refractivity contribution in [1.29, 1.82) is 0 Å². The van der Waals surface area contributed by atoms with E-state index in [4.69, 9.17) is 9.47 Å². The quantitative estimate of drug-likeness (QED) is 0.101. The number of carbonyl (C=O) groups excluding carboxylic acids is 5. The molecule has 0 saturated carbocycles. The molecule has 4 aromatic heterocycles. The summed E-state index contributed by atoms with van der Waals surface area (Å²) in [4.78, 5) is 76.9. The van der Waals surface area contributed by atoms with Gasteiger partial charge < -0.3 is 44.0 Å². The van der Waals surface area contributed by atoms with Gasteiger partial charge in [0.25, 0.3) is 23.6 Å². The highest BCUT2D eigenvalue weighted by atomic mass is 16.5. The van der Waals surface area contributed by atoms with Crippen molar-refractivity contribution in [1.82, 2.24) is 28.2 Å². The molecule has 8 rings (SSSR count). The molecule has 2 aromatic carbocycles. The van der Waals surface area contributed by atoms with Gasteiger partial charge in [-0.1, -0.05) is 24.3 Å². The van der Waals surface area contributed by atoms with E-state index in [0.717, 1.165) is 22.0 Å². The van der Waals surface area contributed by atoms with Crippen molar-refractivity contribution in [3.8, 4) is 11.5 Å². The minimum Gasteiger partial charge on any atom is -0.493 e. The fraction of sp³-hybridized carbons (Fsp3) is 0.250. The Bertz CT molecular complexity index is 2820. The van der Waals surface area contributed by atoms with Crippen LogP contribution in [0, 0.1) is 6.92 Å². The highest BCUT2D eigenvalue weighted by Crippen LogP contribution is 2.38. The van der Waals surface area contributed by atoms with Gasteiger partial charge in [-0.05, 0) is 55.7 Å². The molecule has 4 amide bonds. The Hall–Kier alpha value is -7.69. The smallest absolute Gasteiger partial charge is 0.291 e. The maximum Gasteiger partial charge on any atom is 0.291 e. The van der Waals surface area contributed by atoms with Crippen LogP contribution in [0.3, 0.4) is 0 Å². The van der Waals surface area contributed by atoms with Gasteiger partial charge in [0, 0.05) is 76.6 Å². The van der Waals surface area contributed by atoms with Gasteiger partial charge in [0.15, 0.2) is 17.3 Å². The molecule has 6 aromatic rings. The molecular weight excluding hydrogens is 781 g/mol. The lowest BCUT2D eigenvalue weighted by atomic mass is 10.1. The number of aliphatic imine (C=N–C) groups is 1. The van der Waals surface area contributed by atoms with E-state index in [2.05, 4.69) is 32.5 Å². The Labute approximate surface area is 350 Å². The van der Waals surface area contributed by atoms with Crippen LogP contribution in [-0.4, -0.2) is 90.2 Å². The van der Waals surface area contributed by atoms with E-state index in [1.165, 1.54) is 23.9 Å². The molecule has 0 bridgehead atoms. The minimum absolute atomic E-state index is 0.0300. The average molecular weight is 825 g/mol. The summed E-state index contributed by atoms with van der Waals surface area (Å²) in [5, 5.41) is 9.28. The van der Waals surface area contributed by atoms with Gasteiger partial charge in [-0.15, -0.1) is 0 Å². The predicted octanol–water partition coefficient (Wildman–Crippen LogP) is 5.85. The number of nitrogens with one attached hydrogen (secondary N) is 3. The SMILES string of the molecule is C=C1C[C@H]2C=Nc3cc(OCCCC(=O)Nc4cn(C)c(C(=O)Nc5cc(C(=O)Nc6cc(C(=O)n7ccc8ccc(C)cc87)n(C)c6)n(C)c5)n4)c(OC)cc3C(=O)N2C1. The van der Waals surface area contributed by atoms with Crippen molar-refractivity contribution in [3.63, 3.8) is 0 Å². The van der Waals surface area contributed by atoms with Crippen molar-refractivity contribution in [2.75, 3.05) is 36.2 Å². The first-order chi connectivity index (χ1) is 29.3. The summed E-state index contributed by atoms with van der Waals surface area (Å²) in [6, 6.07) is 14.1. The van der Waals surface area contributed by atoms with Crippen molar-refractivity contribution in [2.24, 2.45) is 26.1 Å².